The van der Waals surface area contributed by atoms with E-state index in [0.29, 0.717) is 31.1 Å². The second-order valence-corrected chi connectivity index (χ2v) is 7.12. The summed E-state index contributed by atoms with van der Waals surface area (Å²) in [5, 5.41) is 0. The molecular weight excluding hydrogens is 320 g/mol. The van der Waals surface area contributed by atoms with E-state index in [1.807, 2.05) is 6.07 Å². The summed E-state index contributed by atoms with van der Waals surface area (Å²) in [5.74, 6) is 0.947. The highest BCUT2D eigenvalue weighted by molar-refractivity contribution is 7.88. The Morgan fingerprint density at radius 3 is 3.00 bits per heavy atom. The lowest BCUT2D eigenvalue weighted by atomic mass is 10.1. The summed E-state index contributed by atoms with van der Waals surface area (Å²) in [4.78, 5) is 22.1. The van der Waals surface area contributed by atoms with Crippen LogP contribution in [0.3, 0.4) is 0 Å². The molecule has 2 aromatic heterocycles. The van der Waals surface area contributed by atoms with Crippen LogP contribution in [0.1, 0.15) is 11.5 Å². The molecule has 0 aliphatic carbocycles. The normalized spacial score (nSPS) is 14.6. The summed E-state index contributed by atoms with van der Waals surface area (Å²) in [7, 11) is -3.39. The van der Waals surface area contributed by atoms with Gasteiger partial charge in [0.25, 0.3) is 0 Å². The summed E-state index contributed by atoms with van der Waals surface area (Å²) in [5.41, 5.74) is 1.47. The van der Waals surface area contributed by atoms with Crippen molar-refractivity contribution >= 4 is 15.9 Å². The van der Waals surface area contributed by atoms with Gasteiger partial charge >= 0.3 is 0 Å². The van der Waals surface area contributed by atoms with Gasteiger partial charge in [-0.05, 0) is 12.1 Å². The maximum atomic E-state index is 12.1. The fourth-order valence-electron chi connectivity index (χ4n) is 2.33. The van der Waals surface area contributed by atoms with Gasteiger partial charge < -0.3 is 9.32 Å². The summed E-state index contributed by atoms with van der Waals surface area (Å²) < 4.78 is 30.1. The number of aromatic nitrogens is 2. The van der Waals surface area contributed by atoms with Gasteiger partial charge in [0.05, 0.1) is 24.9 Å². The van der Waals surface area contributed by atoms with Crippen molar-refractivity contribution in [3.63, 3.8) is 0 Å². The highest BCUT2D eigenvalue weighted by Crippen LogP contribution is 2.25. The number of pyridine rings is 1. The first-order valence-corrected chi connectivity index (χ1v) is 8.93. The van der Waals surface area contributed by atoms with Crippen LogP contribution in [0.15, 0.2) is 28.9 Å². The van der Waals surface area contributed by atoms with Gasteiger partial charge in [-0.1, -0.05) is 0 Å². The van der Waals surface area contributed by atoms with E-state index in [1.54, 1.807) is 23.4 Å². The number of sulfonamides is 1. The maximum Gasteiger partial charge on any atom is 0.237 e. The summed E-state index contributed by atoms with van der Waals surface area (Å²) in [6.45, 7) is 0.532. The Balaban J connectivity index is 1.71. The molecule has 1 amide bonds. The van der Waals surface area contributed by atoms with Crippen molar-refractivity contribution in [1.29, 1.82) is 0 Å². The molecule has 0 aromatic carbocycles. The standard InChI is InChI=1S/C14H16N4O4S/c1-23(20,21)16-8-13(19)18-6-4-12-11(9-18)17-14(22-12)10-3-2-5-15-7-10/h2-3,5,7,16H,4,6,8-9H2,1H3. The Morgan fingerprint density at radius 2 is 2.30 bits per heavy atom. The van der Waals surface area contributed by atoms with Crippen LogP contribution in [0.2, 0.25) is 0 Å². The zero-order valence-corrected chi connectivity index (χ0v) is 13.3. The van der Waals surface area contributed by atoms with Crippen molar-refractivity contribution in [2.75, 3.05) is 19.3 Å². The Labute approximate surface area is 133 Å². The van der Waals surface area contributed by atoms with Crippen LogP contribution in [0.5, 0.6) is 0 Å². The number of fused-ring (bicyclic) bond motifs is 1. The molecule has 0 fully saturated rings. The number of hydrogen-bond donors (Lipinski definition) is 1. The smallest absolute Gasteiger partial charge is 0.237 e. The Kier molecular flexibility index (Phi) is 4.14. The molecule has 1 aliphatic rings. The van der Waals surface area contributed by atoms with Crippen molar-refractivity contribution in [3.8, 4) is 11.5 Å². The molecule has 0 bridgehead atoms. The quantitative estimate of drug-likeness (QED) is 0.853. The van der Waals surface area contributed by atoms with E-state index >= 15 is 0 Å². The van der Waals surface area contributed by atoms with Gasteiger partial charge in [0, 0.05) is 25.4 Å². The first-order chi connectivity index (χ1) is 10.9. The first kappa shape index (κ1) is 15.6. The van der Waals surface area contributed by atoms with Gasteiger partial charge in [-0.25, -0.2) is 18.1 Å². The molecule has 9 heteroatoms. The average molecular weight is 336 g/mol. The van der Waals surface area contributed by atoms with E-state index in [2.05, 4.69) is 14.7 Å². The van der Waals surface area contributed by atoms with Crippen molar-refractivity contribution in [3.05, 3.63) is 36.0 Å². The van der Waals surface area contributed by atoms with Crippen LogP contribution in [0, 0.1) is 0 Å². The molecular formula is C14H16N4O4S. The van der Waals surface area contributed by atoms with E-state index < -0.39 is 10.0 Å². The highest BCUT2D eigenvalue weighted by atomic mass is 32.2. The number of nitrogens with zero attached hydrogens (tertiary/aromatic N) is 3. The van der Waals surface area contributed by atoms with Gasteiger partial charge in [-0.15, -0.1) is 0 Å². The minimum absolute atomic E-state index is 0.249. The average Bonchev–Trinajstić information content (AvgIpc) is 2.96. The van der Waals surface area contributed by atoms with Crippen LogP contribution in [0.4, 0.5) is 0 Å². The molecule has 3 heterocycles. The molecule has 122 valence electrons. The van der Waals surface area contributed by atoms with Gasteiger partial charge in [-0.2, -0.15) is 0 Å². The lowest BCUT2D eigenvalue weighted by Gasteiger charge is -2.25. The van der Waals surface area contributed by atoms with Crippen molar-refractivity contribution in [1.82, 2.24) is 19.6 Å². The maximum absolute atomic E-state index is 12.1. The Morgan fingerprint density at radius 1 is 1.48 bits per heavy atom. The lowest BCUT2D eigenvalue weighted by Crippen LogP contribution is -2.42. The molecule has 0 saturated carbocycles. The molecule has 2 aromatic rings. The third-order valence-corrected chi connectivity index (χ3v) is 4.14. The minimum Gasteiger partial charge on any atom is -0.441 e. The largest absolute Gasteiger partial charge is 0.441 e. The van der Waals surface area contributed by atoms with Crippen LogP contribution in [0.25, 0.3) is 11.5 Å². The highest BCUT2D eigenvalue weighted by Gasteiger charge is 2.26. The zero-order valence-electron chi connectivity index (χ0n) is 12.5. The fraction of sp³-hybridized carbons (Fsp3) is 0.357. The third kappa shape index (κ3) is 3.74. The van der Waals surface area contributed by atoms with E-state index in [-0.39, 0.29) is 12.5 Å². The number of nitrogens with one attached hydrogen (secondary N) is 1. The molecule has 0 radical (unpaired) electrons. The van der Waals surface area contributed by atoms with E-state index in [0.717, 1.165) is 17.6 Å². The Hall–Kier alpha value is -2.26. The molecule has 1 aliphatic heterocycles. The van der Waals surface area contributed by atoms with Crippen LogP contribution in [-0.4, -0.2) is 48.5 Å². The number of oxazole rings is 1. The second kappa shape index (κ2) is 6.09. The number of carbonyl (C=O) groups is 1. The van der Waals surface area contributed by atoms with Crippen LogP contribution in [-0.2, 0) is 27.8 Å². The zero-order chi connectivity index (χ0) is 16.4. The van der Waals surface area contributed by atoms with E-state index in [9.17, 15) is 13.2 Å². The van der Waals surface area contributed by atoms with Gasteiger partial charge in [-0.3, -0.25) is 9.78 Å². The van der Waals surface area contributed by atoms with Gasteiger partial charge in [0.2, 0.25) is 21.8 Å². The topological polar surface area (TPSA) is 105 Å². The number of rotatable bonds is 4. The lowest BCUT2D eigenvalue weighted by molar-refractivity contribution is -0.130. The monoisotopic (exact) mass is 336 g/mol. The summed E-state index contributed by atoms with van der Waals surface area (Å²) in [6, 6.07) is 3.65. The summed E-state index contributed by atoms with van der Waals surface area (Å²) >= 11 is 0. The number of hydrogen-bond acceptors (Lipinski definition) is 6. The fourth-order valence-corrected chi connectivity index (χ4v) is 2.71. The van der Waals surface area contributed by atoms with Gasteiger partial charge in [0.15, 0.2) is 0 Å². The molecule has 1 N–H and O–H groups in total. The molecule has 8 nitrogen and oxygen atoms in total. The second-order valence-electron chi connectivity index (χ2n) is 5.29. The SMILES string of the molecule is CS(=O)(=O)NCC(=O)N1CCc2oc(-c3cccnc3)nc2C1. The van der Waals surface area contributed by atoms with E-state index in [1.165, 1.54) is 0 Å². The first-order valence-electron chi connectivity index (χ1n) is 7.04. The molecule has 0 unspecified atom stereocenters. The molecule has 0 saturated heterocycles. The predicted octanol–water partition coefficient (Wildman–Crippen LogP) is 0.170. The van der Waals surface area contributed by atoms with Crippen molar-refractivity contribution < 1.29 is 17.6 Å². The summed E-state index contributed by atoms with van der Waals surface area (Å²) in [6.07, 6.45) is 4.90. The van der Waals surface area contributed by atoms with Crippen molar-refractivity contribution in [2.45, 2.75) is 13.0 Å². The molecule has 0 spiro atoms. The van der Waals surface area contributed by atoms with Crippen molar-refractivity contribution in [2.24, 2.45) is 0 Å². The molecule has 23 heavy (non-hydrogen) atoms. The Bertz CT molecular complexity index is 817. The number of carbonyl (C=O) groups excluding carboxylic acids is 1. The number of amides is 1. The van der Waals surface area contributed by atoms with Crippen LogP contribution >= 0.6 is 0 Å². The van der Waals surface area contributed by atoms with Crippen LogP contribution < -0.4 is 4.72 Å². The molecule has 0 atom stereocenters. The van der Waals surface area contributed by atoms with Gasteiger partial charge in [0.1, 0.15) is 11.5 Å². The third-order valence-electron chi connectivity index (χ3n) is 3.47. The predicted molar refractivity (Wildman–Crippen MR) is 81.7 cm³/mol. The molecule has 3 rings (SSSR count). The van der Waals surface area contributed by atoms with E-state index in [4.69, 9.17) is 4.42 Å². The minimum atomic E-state index is -3.39.